The molecule has 0 aromatic heterocycles. The molecule has 0 amide bonds. The molecule has 6 heteroatoms. The van der Waals surface area contributed by atoms with Crippen LogP contribution in [0.2, 0.25) is 9.28 Å². The molecule has 10 heavy (non-hydrogen) atoms. The summed E-state index contributed by atoms with van der Waals surface area (Å²) in [5, 5.41) is 0. The maximum atomic E-state index is 8.88. The smallest absolute Gasteiger partial charge is 0.303 e. The second-order valence-electron chi connectivity index (χ2n) is 1.09. The minimum atomic E-state index is -4.64. The average Bonchev–Trinajstić information content (AvgIpc) is 1.63. The van der Waals surface area contributed by atoms with E-state index in [0.29, 0.717) is 0 Å². The van der Waals surface area contributed by atoms with Crippen LogP contribution >= 0.6 is 7.82 Å². The third-order valence-corrected chi connectivity index (χ3v) is 1.78. The first-order valence-electron chi connectivity index (χ1n) is 2.62. The van der Waals surface area contributed by atoms with Crippen LogP contribution in [0.25, 0.3) is 0 Å². The van der Waals surface area contributed by atoms with Crippen LogP contribution < -0.4 is 0 Å². The summed E-state index contributed by atoms with van der Waals surface area (Å²) in [7, 11) is -4.64. The van der Waals surface area contributed by atoms with Gasteiger partial charge in [0.1, 0.15) is 0 Å². The van der Waals surface area contributed by atoms with Gasteiger partial charge in [-0.2, -0.15) is 0 Å². The largest absolute Gasteiger partial charge is 0.466 e. The van der Waals surface area contributed by atoms with Crippen molar-refractivity contribution in [2.45, 2.75) is 23.1 Å². The van der Waals surface area contributed by atoms with E-state index in [1.165, 1.54) is 29.0 Å². The normalized spacial score (nSPS) is 10.5. The first kappa shape index (κ1) is 13.4. The first-order valence-corrected chi connectivity index (χ1v) is 6.28. The fraction of sp³-hybridized carbons (Fsp3) is 1.00. The molecule has 0 radical (unpaired) electrons. The van der Waals surface area contributed by atoms with Gasteiger partial charge in [-0.25, -0.2) is 4.57 Å². The van der Waals surface area contributed by atoms with Gasteiger partial charge in [-0.15, -0.1) is 0 Å². The Morgan fingerprint density at radius 1 is 1.20 bits per heavy atom. The van der Waals surface area contributed by atoms with E-state index in [9.17, 15) is 0 Å². The zero-order chi connectivity index (χ0) is 8.62. The molecule has 0 aliphatic carbocycles. The fourth-order valence-corrected chi connectivity index (χ4v) is 0.892. The Labute approximate surface area is 70.2 Å². The van der Waals surface area contributed by atoms with Crippen LogP contribution in [-0.2, 0) is 24.3 Å². The van der Waals surface area contributed by atoms with Gasteiger partial charge < -0.3 is 14.7 Å². The van der Waals surface area contributed by atoms with Gasteiger partial charge in [-0.1, -0.05) is 0 Å². The van der Waals surface area contributed by atoms with Crippen molar-refractivity contribution in [3.63, 3.8) is 0 Å². The van der Waals surface area contributed by atoms with E-state index >= 15 is 0 Å². The van der Waals surface area contributed by atoms with Crippen LogP contribution in [0.1, 0.15) is 13.8 Å². The summed E-state index contributed by atoms with van der Waals surface area (Å²) < 4.78 is 11.6. The zero-order valence-electron chi connectivity index (χ0n) is 5.91. The zero-order valence-corrected chi connectivity index (χ0v) is 8.29. The van der Waals surface area contributed by atoms with E-state index in [4.69, 9.17) is 19.2 Å². The van der Waals surface area contributed by atoms with Gasteiger partial charge >= 0.3 is 50.7 Å². The van der Waals surface area contributed by atoms with E-state index in [2.05, 4.69) is 13.8 Å². The Morgan fingerprint density at radius 3 is 1.40 bits per heavy atom. The van der Waals surface area contributed by atoms with Crippen LogP contribution in [0.15, 0.2) is 0 Å². The molecule has 0 atom stereocenters. The summed E-state index contributed by atoms with van der Waals surface area (Å²) in [5.74, 6) is 0. The van der Waals surface area contributed by atoms with Crippen molar-refractivity contribution in [2.24, 2.45) is 0 Å². The Hall–Kier alpha value is 0.850. The summed E-state index contributed by atoms with van der Waals surface area (Å²) in [6.45, 7) is 4.45. The fourth-order valence-electron chi connectivity index (χ4n) is 0.151. The van der Waals surface area contributed by atoms with Gasteiger partial charge in [0, 0.05) is 0 Å². The molecule has 0 aromatic rings. The maximum Gasteiger partial charge on any atom is 0.466 e. The van der Waals surface area contributed by atoms with Gasteiger partial charge in [0.25, 0.3) is 0 Å². The van der Waals surface area contributed by atoms with Crippen molar-refractivity contribution in [2.75, 3.05) is 0 Å². The molecule has 0 rings (SSSR count). The molecule has 0 aliphatic heterocycles. The summed E-state index contributed by atoms with van der Waals surface area (Å²) in [6.07, 6.45) is 0. The van der Waals surface area contributed by atoms with Crippen molar-refractivity contribution in [1.29, 1.82) is 0 Å². The Bertz CT molecular complexity index is 91.2. The van der Waals surface area contributed by atoms with Crippen LogP contribution in [0, 0.1) is 0 Å². The Kier molecular flexibility index (Phi) is 10.7. The van der Waals surface area contributed by atoms with Crippen LogP contribution in [-0.4, -0.2) is 14.7 Å². The number of rotatable bonds is 2. The van der Waals surface area contributed by atoms with Gasteiger partial charge in [0.05, 0.1) is 0 Å². The quantitative estimate of drug-likeness (QED) is 0.514. The monoisotopic (exact) mass is 263 g/mol. The van der Waals surface area contributed by atoms with E-state index < -0.39 is 7.82 Å². The maximum absolute atomic E-state index is 8.88. The molecule has 0 saturated carbocycles. The van der Waals surface area contributed by atoms with Gasteiger partial charge in [-0.05, 0) is 0 Å². The van der Waals surface area contributed by atoms with Crippen molar-refractivity contribution < 1.29 is 39.0 Å². The van der Waals surface area contributed by atoms with Crippen molar-refractivity contribution in [3.8, 4) is 0 Å². The predicted octanol–water partition coefficient (Wildman–Crippen LogP) is 1.02. The molecule has 0 heterocycles. The van der Waals surface area contributed by atoms with Gasteiger partial charge in [-0.3, -0.25) is 0 Å². The summed E-state index contributed by atoms with van der Waals surface area (Å²) >= 11 is 1.18. The van der Waals surface area contributed by atoms with Crippen LogP contribution in [0.3, 0.4) is 0 Å². The second kappa shape index (κ2) is 7.95. The van der Waals surface area contributed by atoms with Gasteiger partial charge in [0.2, 0.25) is 0 Å². The molecule has 3 N–H and O–H groups in total. The molecular weight excluding hydrogens is 251 g/mol. The summed E-state index contributed by atoms with van der Waals surface area (Å²) in [6, 6.07) is 0. The van der Waals surface area contributed by atoms with E-state index in [1.807, 2.05) is 0 Å². The standard InChI is InChI=1S/2C2H5.Ag.H3O4P/c2*1-2;;1-5(2,3)4/h2*1H2,2H3;;(H3,1,2,3,4). The first-order chi connectivity index (χ1) is 4.41. The molecular formula is C4H13AgO4P. The minimum Gasteiger partial charge on any atom is -0.303 e. The van der Waals surface area contributed by atoms with Crippen LogP contribution in [0.5, 0.6) is 0 Å². The van der Waals surface area contributed by atoms with Crippen molar-refractivity contribution >= 4 is 7.82 Å². The Balaban J connectivity index is 0. The third-order valence-electron chi connectivity index (χ3n) is 0.302. The molecule has 0 aliphatic rings. The topological polar surface area (TPSA) is 77.8 Å². The van der Waals surface area contributed by atoms with Gasteiger partial charge in [0.15, 0.2) is 0 Å². The molecule has 0 spiro atoms. The Morgan fingerprint density at radius 2 is 1.40 bits per heavy atom. The summed E-state index contributed by atoms with van der Waals surface area (Å²) in [5.41, 5.74) is 0. The molecule has 0 bridgehead atoms. The molecule has 0 unspecified atom stereocenters. The third kappa shape index (κ3) is 67.1. The molecule has 69 valence electrons. The molecule has 0 saturated heterocycles. The SMILES string of the molecule is C[CH2][Ag][CH2]C.O=P(O)(O)O. The summed E-state index contributed by atoms with van der Waals surface area (Å²) in [4.78, 5) is 21.6. The number of hydrogen-bond donors (Lipinski definition) is 3. The predicted molar refractivity (Wildman–Crippen MR) is 35.2 cm³/mol. The molecule has 0 aromatic carbocycles. The average molecular weight is 264 g/mol. The minimum absolute atomic E-state index is 1.18. The second-order valence-corrected chi connectivity index (χ2v) is 4.95. The van der Waals surface area contributed by atoms with E-state index in [-0.39, 0.29) is 0 Å². The molecule has 0 fully saturated rings. The van der Waals surface area contributed by atoms with Crippen molar-refractivity contribution in [3.05, 3.63) is 0 Å². The van der Waals surface area contributed by atoms with Crippen LogP contribution in [0.4, 0.5) is 0 Å². The van der Waals surface area contributed by atoms with Crippen molar-refractivity contribution in [1.82, 2.24) is 0 Å². The number of phosphoric acid groups is 1. The van der Waals surface area contributed by atoms with E-state index in [1.54, 1.807) is 0 Å². The molecule has 4 nitrogen and oxygen atoms in total. The van der Waals surface area contributed by atoms with E-state index in [0.717, 1.165) is 0 Å². The number of hydrogen-bond acceptors (Lipinski definition) is 1.